The third kappa shape index (κ3) is 7.26. The molecule has 0 spiro atoms. The van der Waals surface area contributed by atoms with Crippen LogP contribution in [0.2, 0.25) is 5.32 Å². The Hall–Kier alpha value is -3.12. The van der Waals surface area contributed by atoms with Crippen molar-refractivity contribution >= 4 is 49.6 Å². The molecule has 0 saturated carbocycles. The first kappa shape index (κ1) is 30.3. The van der Waals surface area contributed by atoms with E-state index in [2.05, 4.69) is 21.5 Å². The number of carbonyl (C=O) groups excluding carboxylic acids is 1. The van der Waals surface area contributed by atoms with Gasteiger partial charge in [-0.3, -0.25) is 0 Å². The molecule has 5 rings (SSSR count). The van der Waals surface area contributed by atoms with E-state index in [9.17, 15) is 14.3 Å². The van der Waals surface area contributed by atoms with Crippen molar-refractivity contribution in [1.82, 2.24) is 4.31 Å². The number of likely N-dealkylation sites (N-methyl/N-ethyl adjacent to an activating group) is 1. The second-order valence-corrected chi connectivity index (χ2v) is 13.3. The van der Waals surface area contributed by atoms with Crippen molar-refractivity contribution in [3.05, 3.63) is 89.7 Å². The third-order valence-corrected chi connectivity index (χ3v) is 10.1. The summed E-state index contributed by atoms with van der Waals surface area (Å²) in [5.41, 5.74) is 5.03. The molecule has 0 radical (unpaired) electrons. The maximum absolute atomic E-state index is 13.9. The first-order chi connectivity index (χ1) is 20.5. The fraction of sp³-hybridized carbons (Fsp3) is 0.333. The molecular formula is C33H34FN3O3SSe. The van der Waals surface area contributed by atoms with Crippen molar-refractivity contribution in [2.24, 2.45) is 0 Å². The summed E-state index contributed by atoms with van der Waals surface area (Å²) in [5, 5.41) is 22.5. The Kier molecular flexibility index (Phi) is 10.4. The maximum Gasteiger partial charge on any atom is 0.115 e. The molecule has 1 amide bonds. The second kappa shape index (κ2) is 14.4. The first-order valence-electron chi connectivity index (χ1n) is 14.3. The van der Waals surface area contributed by atoms with Gasteiger partial charge in [0.2, 0.25) is 0 Å². The van der Waals surface area contributed by atoms with Crippen molar-refractivity contribution in [3.63, 3.8) is 0 Å². The first-order valence-corrected chi connectivity index (χ1v) is 17.1. The summed E-state index contributed by atoms with van der Waals surface area (Å²) < 4.78 is 22.8. The van der Waals surface area contributed by atoms with Crippen LogP contribution < -0.4 is 5.32 Å². The normalized spacial score (nSPS) is 19.3. The summed E-state index contributed by atoms with van der Waals surface area (Å²) in [5.74, 6) is -0.0395. The second-order valence-electron chi connectivity index (χ2n) is 10.4. The molecule has 2 aliphatic heterocycles. The fourth-order valence-electron chi connectivity index (χ4n) is 5.67. The van der Waals surface area contributed by atoms with Gasteiger partial charge in [-0.1, -0.05) is 25.1 Å². The number of nitriles is 1. The number of phenols is 1. The average molecular weight is 651 g/mol. The van der Waals surface area contributed by atoms with Crippen molar-refractivity contribution in [2.45, 2.75) is 67.5 Å². The molecule has 0 aliphatic carbocycles. The number of aromatic hydroxyl groups is 1. The average Bonchev–Trinajstić information content (AvgIpc) is 3.58. The van der Waals surface area contributed by atoms with Gasteiger partial charge in [-0.15, -0.1) is 0 Å². The number of nitrogens with one attached hydrogen (secondary N) is 1. The minimum Gasteiger partial charge on any atom is -0.508 e. The number of carbonyl (C=O) groups is 1. The largest absolute Gasteiger partial charge is 0.508 e. The number of rotatable bonds is 13. The summed E-state index contributed by atoms with van der Waals surface area (Å²) in [4.78, 5) is 15.6. The van der Waals surface area contributed by atoms with Crippen LogP contribution in [0.5, 0.6) is 5.75 Å². The van der Waals surface area contributed by atoms with Crippen LogP contribution in [0.25, 0.3) is 11.1 Å². The molecular weight excluding hydrogens is 616 g/mol. The van der Waals surface area contributed by atoms with Crippen LogP contribution in [0.1, 0.15) is 50.2 Å². The van der Waals surface area contributed by atoms with Gasteiger partial charge in [-0.25, -0.2) is 8.70 Å². The number of anilines is 1. The van der Waals surface area contributed by atoms with Crippen LogP contribution >= 0.6 is 11.9 Å². The Balaban J connectivity index is 1.35. The van der Waals surface area contributed by atoms with Gasteiger partial charge in [0, 0.05) is 11.4 Å². The monoisotopic (exact) mass is 651 g/mol. The van der Waals surface area contributed by atoms with Crippen LogP contribution in [0.4, 0.5) is 10.1 Å². The van der Waals surface area contributed by atoms with E-state index < -0.39 is 0 Å². The van der Waals surface area contributed by atoms with E-state index in [1.54, 1.807) is 36.2 Å². The minimum absolute atomic E-state index is 0.00572. The Morgan fingerprint density at radius 1 is 1.10 bits per heavy atom. The molecule has 42 heavy (non-hydrogen) atoms. The van der Waals surface area contributed by atoms with E-state index in [1.165, 1.54) is 6.07 Å². The zero-order valence-corrected chi connectivity index (χ0v) is 26.0. The Morgan fingerprint density at radius 2 is 1.83 bits per heavy atom. The molecule has 2 N–H and O–H groups in total. The quantitative estimate of drug-likeness (QED) is 0.117. The van der Waals surface area contributed by atoms with Crippen LogP contribution in [-0.4, -0.2) is 55.1 Å². The van der Waals surface area contributed by atoms with E-state index in [4.69, 9.17) is 10.00 Å². The maximum atomic E-state index is 13.9. The molecule has 3 atom stereocenters. The zero-order valence-electron chi connectivity index (χ0n) is 23.5. The van der Waals surface area contributed by atoms with Gasteiger partial charge in [0.05, 0.1) is 12.1 Å². The zero-order chi connectivity index (χ0) is 29.5. The van der Waals surface area contributed by atoms with Gasteiger partial charge in [-0.2, -0.15) is 0 Å². The SMILES string of the molecule is CCN(Sc1cccc(F)c1)C1CC2OC1C(c1ccc(NC(=O)CCCCC[Se]C#N)cc1)=C2c1ccc(O)cc1. The number of amides is 1. The van der Waals surface area contributed by atoms with E-state index in [-0.39, 0.29) is 50.7 Å². The van der Waals surface area contributed by atoms with Crippen molar-refractivity contribution in [3.8, 4) is 10.7 Å². The topological polar surface area (TPSA) is 85.6 Å². The number of phenolic OH excluding ortho intramolecular Hbond substituents is 1. The number of nitrogens with zero attached hydrogens (tertiary/aromatic N) is 2. The van der Waals surface area contributed by atoms with Gasteiger partial charge in [-0.05, 0) is 59.8 Å². The molecule has 2 aliphatic rings. The number of unbranched alkanes of at least 4 members (excludes halogenated alkanes) is 2. The number of ether oxygens (including phenoxy) is 1. The molecule has 218 valence electrons. The number of hydrogen-bond acceptors (Lipinski definition) is 6. The van der Waals surface area contributed by atoms with E-state index in [0.29, 0.717) is 6.42 Å². The standard InChI is InChI=1S/C33H34FN3O3SSe/c1-2-37(41-27-8-6-7-24(34)19-27)28-20-29-31(22-12-16-26(38)17-13-22)32(33(28)40-29)23-10-14-25(15-11-23)36-30(39)9-4-3-5-18-42-21-35/h6-8,10-17,19,28-29,33,38H,2-5,9,18,20H2,1H3,(H,36,39). The van der Waals surface area contributed by atoms with Gasteiger partial charge in [0.25, 0.3) is 0 Å². The van der Waals surface area contributed by atoms with Crippen LogP contribution in [0, 0.1) is 16.0 Å². The van der Waals surface area contributed by atoms with Crippen molar-refractivity contribution < 1.29 is 19.0 Å². The van der Waals surface area contributed by atoms with E-state index in [1.807, 2.05) is 42.5 Å². The molecule has 3 aromatic carbocycles. The summed E-state index contributed by atoms with van der Waals surface area (Å²) >= 11 is 1.61. The van der Waals surface area contributed by atoms with Crippen LogP contribution in [-0.2, 0) is 9.53 Å². The van der Waals surface area contributed by atoms with Crippen LogP contribution in [0.3, 0.4) is 0 Å². The number of benzene rings is 3. The molecule has 0 aromatic heterocycles. The van der Waals surface area contributed by atoms with Crippen molar-refractivity contribution in [2.75, 3.05) is 11.9 Å². The third-order valence-electron chi connectivity index (χ3n) is 7.59. The molecule has 2 bridgehead atoms. The minimum atomic E-state index is -0.251. The van der Waals surface area contributed by atoms with Gasteiger partial charge < -0.3 is 9.84 Å². The van der Waals surface area contributed by atoms with Crippen molar-refractivity contribution in [1.29, 1.82) is 5.26 Å². The molecule has 3 unspecified atom stereocenters. The van der Waals surface area contributed by atoms with E-state index >= 15 is 0 Å². The van der Waals surface area contributed by atoms with Crippen LogP contribution in [0.15, 0.2) is 77.7 Å². The molecule has 1 fully saturated rings. The summed E-state index contributed by atoms with van der Waals surface area (Å²) in [6.45, 7) is 2.87. The number of fused-ring (bicyclic) bond motifs is 2. The van der Waals surface area contributed by atoms with E-state index in [0.717, 1.165) is 70.4 Å². The molecule has 9 heteroatoms. The Morgan fingerprint density at radius 3 is 2.55 bits per heavy atom. The number of halogens is 1. The summed E-state index contributed by atoms with van der Waals surface area (Å²) in [6, 6.07) is 22.0. The van der Waals surface area contributed by atoms with Gasteiger partial charge >= 0.3 is 113 Å². The summed E-state index contributed by atoms with van der Waals surface area (Å²) in [6.07, 6.45) is 3.77. The predicted molar refractivity (Wildman–Crippen MR) is 166 cm³/mol. The Labute approximate surface area is 257 Å². The molecule has 3 aromatic rings. The predicted octanol–water partition coefficient (Wildman–Crippen LogP) is 7.11. The molecule has 6 nitrogen and oxygen atoms in total. The number of hydrogen-bond donors (Lipinski definition) is 2. The fourth-order valence-corrected chi connectivity index (χ4v) is 7.63. The molecule has 1 saturated heterocycles. The summed E-state index contributed by atoms with van der Waals surface area (Å²) in [7, 11) is 0. The smallest absolute Gasteiger partial charge is 0.115 e. The van der Waals surface area contributed by atoms with Gasteiger partial charge in [0.15, 0.2) is 0 Å². The Bertz CT molecular complexity index is 1460. The van der Waals surface area contributed by atoms with Gasteiger partial charge in [0.1, 0.15) is 17.7 Å². The molecule has 2 heterocycles.